The molecule has 2 unspecified atom stereocenters. The molecule has 2 atom stereocenters. The van der Waals surface area contributed by atoms with Gasteiger partial charge in [0.2, 0.25) is 5.91 Å². The van der Waals surface area contributed by atoms with Crippen LogP contribution in [0.15, 0.2) is 24.3 Å². The lowest BCUT2D eigenvalue weighted by Gasteiger charge is -2.36. The molecule has 7 nitrogen and oxygen atoms in total. The number of aryl methyl sites for hydroxylation is 1. The van der Waals surface area contributed by atoms with E-state index >= 15 is 0 Å². The molecule has 2 aliphatic rings. The first-order valence-electron chi connectivity index (χ1n) is 9.91. The molecule has 3 rings (SSSR count). The molecule has 2 aliphatic heterocycles. The average molecular weight is 374 g/mol. The van der Waals surface area contributed by atoms with Gasteiger partial charge in [-0.1, -0.05) is 25.1 Å². The number of hydrogen-bond acceptors (Lipinski definition) is 4. The number of hydrogen-bond donors (Lipinski definition) is 4. The molecule has 2 saturated heterocycles. The summed E-state index contributed by atoms with van der Waals surface area (Å²) in [5, 5.41) is 5.68. The Hall–Kier alpha value is -2.12. The molecule has 0 bridgehead atoms. The van der Waals surface area contributed by atoms with Crippen LogP contribution in [0.1, 0.15) is 31.7 Å². The molecule has 0 aliphatic carbocycles. The van der Waals surface area contributed by atoms with E-state index < -0.39 is 0 Å². The lowest BCUT2D eigenvalue weighted by atomic mass is 9.84. The summed E-state index contributed by atoms with van der Waals surface area (Å²) in [6.07, 6.45) is 3.07. The first-order valence-corrected chi connectivity index (χ1v) is 9.91. The molecule has 2 heterocycles. The molecule has 0 radical (unpaired) electrons. The molecule has 0 aromatic heterocycles. The van der Waals surface area contributed by atoms with Gasteiger partial charge in [-0.2, -0.15) is 0 Å². The summed E-state index contributed by atoms with van der Waals surface area (Å²) in [6, 6.07) is 8.16. The molecule has 1 aromatic rings. The minimum Gasteiger partial charge on any atom is -0.359 e. The number of nitrogens with zero attached hydrogens (tertiary/aromatic N) is 1. The number of benzene rings is 1. The highest BCUT2D eigenvalue weighted by Gasteiger charge is 2.34. The normalized spacial score (nSPS) is 23.3. The van der Waals surface area contributed by atoms with Crippen molar-refractivity contribution in [3.63, 3.8) is 0 Å². The van der Waals surface area contributed by atoms with E-state index in [2.05, 4.69) is 28.4 Å². The first-order chi connectivity index (χ1) is 13.1. The summed E-state index contributed by atoms with van der Waals surface area (Å²) in [4.78, 5) is 26.1. The predicted molar refractivity (Wildman–Crippen MR) is 106 cm³/mol. The molecule has 27 heavy (non-hydrogen) atoms. The lowest BCUT2D eigenvalue weighted by Crippen LogP contribution is -2.47. The van der Waals surface area contributed by atoms with Gasteiger partial charge in [-0.25, -0.2) is 4.79 Å². The number of carbonyl (C=O) groups excluding carboxylic acids is 2. The number of rotatable bonds is 5. The smallest absolute Gasteiger partial charge is 0.321 e. The van der Waals surface area contributed by atoms with Gasteiger partial charge in [-0.3, -0.25) is 15.6 Å². The van der Waals surface area contributed by atoms with Crippen LogP contribution >= 0.6 is 0 Å². The van der Waals surface area contributed by atoms with Gasteiger partial charge in [0.05, 0.1) is 0 Å². The first kappa shape index (κ1) is 19.6. The molecular formula is C20H31N5O2. The topological polar surface area (TPSA) is 85.5 Å². The van der Waals surface area contributed by atoms with Crippen LogP contribution < -0.4 is 21.5 Å². The van der Waals surface area contributed by atoms with Crippen molar-refractivity contribution in [2.75, 3.05) is 32.0 Å². The van der Waals surface area contributed by atoms with Crippen molar-refractivity contribution < 1.29 is 9.59 Å². The van der Waals surface area contributed by atoms with Crippen LogP contribution in [0.3, 0.4) is 0 Å². The molecule has 4 N–H and O–H groups in total. The summed E-state index contributed by atoms with van der Waals surface area (Å²) in [6.45, 7) is 4.84. The third-order valence-electron chi connectivity index (χ3n) is 5.80. The second-order valence-electron chi connectivity index (χ2n) is 7.61. The van der Waals surface area contributed by atoms with E-state index in [0.29, 0.717) is 30.7 Å². The molecule has 3 amide bonds. The molecule has 7 heteroatoms. The third-order valence-corrected chi connectivity index (χ3v) is 5.80. The second-order valence-corrected chi connectivity index (χ2v) is 7.61. The number of anilines is 1. The van der Waals surface area contributed by atoms with Gasteiger partial charge in [0, 0.05) is 44.8 Å². The summed E-state index contributed by atoms with van der Waals surface area (Å²) >= 11 is 0. The number of para-hydroxylation sites is 1. The van der Waals surface area contributed by atoms with Crippen LogP contribution in [-0.4, -0.2) is 49.6 Å². The fraction of sp³-hybridized carbons (Fsp3) is 0.600. The van der Waals surface area contributed by atoms with E-state index in [9.17, 15) is 9.59 Å². The van der Waals surface area contributed by atoms with Crippen molar-refractivity contribution >= 4 is 17.6 Å². The number of piperidine rings is 1. The number of carbonyl (C=O) groups is 2. The van der Waals surface area contributed by atoms with Crippen molar-refractivity contribution in [2.45, 2.75) is 38.6 Å². The largest absolute Gasteiger partial charge is 0.359 e. The monoisotopic (exact) mass is 373 g/mol. The molecular weight excluding hydrogens is 342 g/mol. The highest BCUT2D eigenvalue weighted by Crippen LogP contribution is 2.27. The van der Waals surface area contributed by atoms with Gasteiger partial charge in [0.25, 0.3) is 0 Å². The second kappa shape index (κ2) is 9.19. The number of nitrogens with one attached hydrogen (secondary N) is 4. The summed E-state index contributed by atoms with van der Waals surface area (Å²) < 4.78 is 0. The standard InChI is InChI=1S/C20H31N5O2/c1-14-13-22-24-19(14)16-9-11-25(12-10-16)20(27)23-17-6-4-3-5-15(17)7-8-18(26)21-2/h3-6,14,16,19,22,24H,7-13H2,1-2H3,(H,21,26)(H,23,27). The molecule has 1 aromatic carbocycles. The number of amides is 3. The highest BCUT2D eigenvalue weighted by molar-refractivity contribution is 5.90. The van der Waals surface area contributed by atoms with Crippen LogP contribution in [0.25, 0.3) is 0 Å². The fourth-order valence-electron chi connectivity index (χ4n) is 4.08. The van der Waals surface area contributed by atoms with Gasteiger partial charge in [0.15, 0.2) is 0 Å². The maximum absolute atomic E-state index is 12.7. The van der Waals surface area contributed by atoms with Gasteiger partial charge in [0.1, 0.15) is 0 Å². The maximum Gasteiger partial charge on any atom is 0.321 e. The van der Waals surface area contributed by atoms with Gasteiger partial charge >= 0.3 is 6.03 Å². The van der Waals surface area contributed by atoms with E-state index in [0.717, 1.165) is 43.7 Å². The zero-order valence-corrected chi connectivity index (χ0v) is 16.3. The Kier molecular flexibility index (Phi) is 6.68. The average Bonchev–Trinajstić information content (AvgIpc) is 3.13. The summed E-state index contributed by atoms with van der Waals surface area (Å²) in [5.41, 5.74) is 8.42. The van der Waals surface area contributed by atoms with Crippen molar-refractivity contribution in [1.82, 2.24) is 21.1 Å². The Labute approximate surface area is 161 Å². The van der Waals surface area contributed by atoms with Crippen molar-refractivity contribution in [2.24, 2.45) is 11.8 Å². The van der Waals surface area contributed by atoms with E-state index in [-0.39, 0.29) is 11.9 Å². The van der Waals surface area contributed by atoms with Crippen molar-refractivity contribution in [1.29, 1.82) is 0 Å². The molecule has 0 spiro atoms. The molecule has 2 fully saturated rings. The number of urea groups is 1. The van der Waals surface area contributed by atoms with E-state index in [1.807, 2.05) is 29.2 Å². The lowest BCUT2D eigenvalue weighted by molar-refractivity contribution is -0.120. The Morgan fingerprint density at radius 3 is 2.63 bits per heavy atom. The van der Waals surface area contributed by atoms with Gasteiger partial charge in [-0.05, 0) is 42.7 Å². The Morgan fingerprint density at radius 2 is 1.96 bits per heavy atom. The summed E-state index contributed by atoms with van der Waals surface area (Å²) in [5.74, 6) is 1.24. The van der Waals surface area contributed by atoms with Crippen molar-refractivity contribution in [3.8, 4) is 0 Å². The minimum absolute atomic E-state index is 0.00226. The maximum atomic E-state index is 12.7. The van der Waals surface area contributed by atoms with Crippen LogP contribution in [0.2, 0.25) is 0 Å². The van der Waals surface area contributed by atoms with E-state index in [1.54, 1.807) is 7.05 Å². The Bertz CT molecular complexity index is 658. The SMILES string of the molecule is CNC(=O)CCc1ccccc1NC(=O)N1CCC(C2NNCC2C)CC1. The highest BCUT2D eigenvalue weighted by atomic mass is 16.2. The predicted octanol–water partition coefficient (Wildman–Crippen LogP) is 1.72. The van der Waals surface area contributed by atoms with Crippen LogP contribution in [0.5, 0.6) is 0 Å². The van der Waals surface area contributed by atoms with Crippen molar-refractivity contribution in [3.05, 3.63) is 29.8 Å². The van der Waals surface area contributed by atoms with Crippen LogP contribution in [0.4, 0.5) is 10.5 Å². The van der Waals surface area contributed by atoms with Crippen LogP contribution in [-0.2, 0) is 11.2 Å². The Balaban J connectivity index is 1.53. The Morgan fingerprint density at radius 1 is 1.22 bits per heavy atom. The number of likely N-dealkylation sites (tertiary alicyclic amines) is 1. The summed E-state index contributed by atoms with van der Waals surface area (Å²) in [7, 11) is 1.64. The van der Waals surface area contributed by atoms with E-state index in [1.165, 1.54) is 0 Å². The minimum atomic E-state index is -0.0496. The number of hydrazine groups is 1. The zero-order chi connectivity index (χ0) is 19.2. The quantitative estimate of drug-likeness (QED) is 0.633. The van der Waals surface area contributed by atoms with E-state index in [4.69, 9.17) is 0 Å². The fourth-order valence-corrected chi connectivity index (χ4v) is 4.08. The van der Waals surface area contributed by atoms with Crippen LogP contribution in [0, 0.1) is 11.8 Å². The van der Waals surface area contributed by atoms with Gasteiger partial charge < -0.3 is 15.5 Å². The third kappa shape index (κ3) is 4.99. The van der Waals surface area contributed by atoms with Gasteiger partial charge in [-0.15, -0.1) is 0 Å². The molecule has 148 valence electrons. The zero-order valence-electron chi connectivity index (χ0n) is 16.3. The molecule has 0 saturated carbocycles.